The Morgan fingerprint density at radius 3 is 2.26 bits per heavy atom. The third-order valence-corrected chi connectivity index (χ3v) is 5.09. The molecule has 0 radical (unpaired) electrons. The number of methoxy groups -OCH3 is 2. The zero-order valence-corrected chi connectivity index (χ0v) is 16.7. The predicted molar refractivity (Wildman–Crippen MR) is 111 cm³/mol. The molecule has 0 heterocycles. The van der Waals surface area contributed by atoms with Crippen LogP contribution in [0.25, 0.3) is 12.2 Å². The Bertz CT molecular complexity index is 929. The zero-order valence-electron chi connectivity index (χ0n) is 15.2. The molecule has 5 heteroatoms. The van der Waals surface area contributed by atoms with Crippen molar-refractivity contribution in [2.75, 3.05) is 14.2 Å². The number of rotatable bonds is 4. The van der Waals surface area contributed by atoms with Crippen molar-refractivity contribution in [3.8, 4) is 11.5 Å². The second kappa shape index (κ2) is 8.64. The number of carbonyl (C=O) groups excluding carboxylic acids is 1. The molecule has 0 spiro atoms. The fourth-order valence-electron chi connectivity index (χ4n) is 3.20. The van der Waals surface area contributed by atoms with E-state index in [4.69, 9.17) is 32.7 Å². The summed E-state index contributed by atoms with van der Waals surface area (Å²) in [5, 5.41) is 1.11. The Labute approximate surface area is 169 Å². The molecule has 3 rings (SSSR count). The van der Waals surface area contributed by atoms with Gasteiger partial charge in [0.25, 0.3) is 0 Å². The number of benzene rings is 2. The molecule has 1 aliphatic rings. The lowest BCUT2D eigenvalue weighted by atomic mass is 9.86. The van der Waals surface area contributed by atoms with Gasteiger partial charge in [-0.15, -0.1) is 0 Å². The standard InChI is InChI=1S/C22H20Cl2O3/c1-26-20-8-4-7-17(22(20)27-2)12-16-6-3-5-15(21(16)25)11-14-9-10-18(23)13-19(14)24/h4,7-13H,3,5-6H2,1-2H3/b15-11+,16-12+. The highest BCUT2D eigenvalue weighted by Crippen LogP contribution is 2.35. The van der Waals surface area contributed by atoms with E-state index in [9.17, 15) is 4.79 Å². The van der Waals surface area contributed by atoms with Crippen LogP contribution in [0.3, 0.4) is 0 Å². The first kappa shape index (κ1) is 19.5. The van der Waals surface area contributed by atoms with Crippen LogP contribution in [0.15, 0.2) is 47.5 Å². The number of carbonyl (C=O) groups is 1. The van der Waals surface area contributed by atoms with Crippen LogP contribution in [0.4, 0.5) is 0 Å². The SMILES string of the molecule is COc1cccc(/C=C2\CCC/C(=C\c3ccc(Cl)cc3Cl)C2=O)c1OC. The van der Waals surface area contributed by atoms with Crippen molar-refractivity contribution in [2.24, 2.45) is 0 Å². The first-order chi connectivity index (χ1) is 13.0. The minimum absolute atomic E-state index is 0.0390. The molecule has 0 atom stereocenters. The van der Waals surface area contributed by atoms with Crippen LogP contribution in [0.1, 0.15) is 30.4 Å². The number of ketones is 1. The molecule has 0 unspecified atom stereocenters. The van der Waals surface area contributed by atoms with Crippen LogP contribution in [-0.2, 0) is 4.79 Å². The third-order valence-electron chi connectivity index (χ3n) is 4.53. The molecule has 3 nitrogen and oxygen atoms in total. The molecule has 1 fully saturated rings. The number of Topliss-reactive ketones (excluding diaryl/α,β-unsaturated/α-hetero) is 1. The summed E-state index contributed by atoms with van der Waals surface area (Å²) in [6, 6.07) is 10.9. The van der Waals surface area contributed by atoms with E-state index in [0.29, 0.717) is 21.5 Å². The summed E-state index contributed by atoms with van der Waals surface area (Å²) in [5.74, 6) is 1.30. The van der Waals surface area contributed by atoms with Gasteiger partial charge in [0, 0.05) is 26.8 Å². The summed E-state index contributed by atoms with van der Waals surface area (Å²) in [7, 11) is 3.19. The molecule has 0 aliphatic heterocycles. The molecule has 27 heavy (non-hydrogen) atoms. The Balaban J connectivity index is 1.96. The van der Waals surface area contributed by atoms with Crippen molar-refractivity contribution in [3.05, 3.63) is 68.7 Å². The molecule has 2 aromatic carbocycles. The highest BCUT2D eigenvalue weighted by molar-refractivity contribution is 6.35. The Kier molecular flexibility index (Phi) is 6.25. The smallest absolute Gasteiger partial charge is 0.185 e. The van der Waals surface area contributed by atoms with E-state index in [1.165, 1.54) is 0 Å². The van der Waals surface area contributed by atoms with Crippen LogP contribution < -0.4 is 9.47 Å². The van der Waals surface area contributed by atoms with Gasteiger partial charge in [-0.25, -0.2) is 0 Å². The lowest BCUT2D eigenvalue weighted by Gasteiger charge is -2.18. The number of para-hydroxylation sites is 1. The monoisotopic (exact) mass is 402 g/mol. The van der Waals surface area contributed by atoms with Gasteiger partial charge in [0.15, 0.2) is 17.3 Å². The van der Waals surface area contributed by atoms with Gasteiger partial charge in [0.2, 0.25) is 0 Å². The van der Waals surface area contributed by atoms with E-state index in [1.807, 2.05) is 36.4 Å². The molecule has 0 amide bonds. The minimum atomic E-state index is 0.0390. The highest BCUT2D eigenvalue weighted by Gasteiger charge is 2.21. The van der Waals surface area contributed by atoms with Gasteiger partial charge < -0.3 is 9.47 Å². The Morgan fingerprint density at radius 2 is 1.63 bits per heavy atom. The van der Waals surface area contributed by atoms with Crippen molar-refractivity contribution >= 4 is 41.1 Å². The third kappa shape index (κ3) is 4.37. The topological polar surface area (TPSA) is 35.5 Å². The van der Waals surface area contributed by atoms with E-state index in [-0.39, 0.29) is 5.78 Å². The number of ether oxygens (including phenoxy) is 2. The lowest BCUT2D eigenvalue weighted by molar-refractivity contribution is -0.112. The van der Waals surface area contributed by atoms with Crippen molar-refractivity contribution < 1.29 is 14.3 Å². The molecular weight excluding hydrogens is 383 g/mol. The molecule has 1 aliphatic carbocycles. The summed E-state index contributed by atoms with van der Waals surface area (Å²) >= 11 is 12.2. The van der Waals surface area contributed by atoms with Crippen LogP contribution in [-0.4, -0.2) is 20.0 Å². The summed E-state index contributed by atoms with van der Waals surface area (Å²) in [4.78, 5) is 13.0. The largest absolute Gasteiger partial charge is 0.493 e. The summed E-state index contributed by atoms with van der Waals surface area (Å²) in [6.07, 6.45) is 6.10. The maximum Gasteiger partial charge on any atom is 0.185 e. The molecule has 2 aromatic rings. The van der Waals surface area contributed by atoms with E-state index in [0.717, 1.165) is 41.5 Å². The first-order valence-corrected chi connectivity index (χ1v) is 9.41. The van der Waals surface area contributed by atoms with Gasteiger partial charge in [-0.1, -0.05) is 41.4 Å². The summed E-state index contributed by atoms with van der Waals surface area (Å²) in [6.45, 7) is 0. The summed E-state index contributed by atoms with van der Waals surface area (Å²) < 4.78 is 10.8. The average molecular weight is 403 g/mol. The van der Waals surface area contributed by atoms with Crippen molar-refractivity contribution in [1.82, 2.24) is 0 Å². The van der Waals surface area contributed by atoms with Gasteiger partial charge in [0.1, 0.15) is 0 Å². The van der Waals surface area contributed by atoms with Crippen LogP contribution in [0, 0.1) is 0 Å². The fourth-order valence-corrected chi connectivity index (χ4v) is 3.66. The quantitative estimate of drug-likeness (QED) is 0.568. The number of halogens is 2. The predicted octanol–water partition coefficient (Wildman–Crippen LogP) is 6.23. The second-order valence-electron chi connectivity index (χ2n) is 6.27. The maximum absolute atomic E-state index is 13.0. The molecular formula is C22H20Cl2O3. The molecule has 1 saturated carbocycles. The van der Waals surface area contributed by atoms with E-state index < -0.39 is 0 Å². The second-order valence-corrected chi connectivity index (χ2v) is 7.11. The van der Waals surface area contributed by atoms with Crippen LogP contribution >= 0.6 is 23.2 Å². The van der Waals surface area contributed by atoms with Gasteiger partial charge in [-0.3, -0.25) is 4.79 Å². The lowest BCUT2D eigenvalue weighted by Crippen LogP contribution is -2.12. The molecule has 0 N–H and O–H groups in total. The van der Waals surface area contributed by atoms with E-state index in [2.05, 4.69) is 0 Å². The van der Waals surface area contributed by atoms with Crippen molar-refractivity contribution in [3.63, 3.8) is 0 Å². The molecule has 140 valence electrons. The highest BCUT2D eigenvalue weighted by atomic mass is 35.5. The van der Waals surface area contributed by atoms with E-state index in [1.54, 1.807) is 26.4 Å². The van der Waals surface area contributed by atoms with Crippen LogP contribution in [0.2, 0.25) is 10.0 Å². The van der Waals surface area contributed by atoms with Gasteiger partial charge in [0.05, 0.1) is 14.2 Å². The number of hydrogen-bond acceptors (Lipinski definition) is 3. The molecule has 0 aromatic heterocycles. The van der Waals surface area contributed by atoms with Crippen molar-refractivity contribution in [2.45, 2.75) is 19.3 Å². The minimum Gasteiger partial charge on any atom is -0.493 e. The first-order valence-electron chi connectivity index (χ1n) is 8.65. The van der Waals surface area contributed by atoms with Gasteiger partial charge in [-0.05, 0) is 55.2 Å². The van der Waals surface area contributed by atoms with Gasteiger partial charge in [-0.2, -0.15) is 0 Å². The normalized spacial score (nSPS) is 17.4. The van der Waals surface area contributed by atoms with Crippen molar-refractivity contribution in [1.29, 1.82) is 0 Å². The molecule has 0 saturated heterocycles. The average Bonchev–Trinajstić information content (AvgIpc) is 2.66. The Hall–Kier alpha value is -2.23. The zero-order chi connectivity index (χ0) is 19.4. The fraction of sp³-hybridized carbons (Fsp3) is 0.227. The number of allylic oxidation sites excluding steroid dienone is 2. The Morgan fingerprint density at radius 1 is 0.926 bits per heavy atom. The van der Waals surface area contributed by atoms with Crippen LogP contribution in [0.5, 0.6) is 11.5 Å². The van der Waals surface area contributed by atoms with Gasteiger partial charge >= 0.3 is 0 Å². The number of hydrogen-bond donors (Lipinski definition) is 0. The summed E-state index contributed by atoms with van der Waals surface area (Å²) in [5.41, 5.74) is 3.12. The van der Waals surface area contributed by atoms with E-state index >= 15 is 0 Å². The molecule has 0 bridgehead atoms. The maximum atomic E-state index is 13.0.